The molecule has 0 aromatic heterocycles. The van der Waals surface area contributed by atoms with Crippen LogP contribution in [0.1, 0.15) is 35.8 Å². The molecule has 9 heteroatoms. The molecule has 1 aliphatic heterocycles. The van der Waals surface area contributed by atoms with Crippen LogP contribution in [0.4, 0.5) is 0 Å². The van der Waals surface area contributed by atoms with Gasteiger partial charge in [0.05, 0.1) is 31.8 Å². The summed E-state index contributed by atoms with van der Waals surface area (Å²) >= 11 is 0. The number of ketones is 1. The fourth-order valence-corrected chi connectivity index (χ4v) is 5.59. The van der Waals surface area contributed by atoms with E-state index < -0.39 is 10.0 Å². The number of sulfonamides is 1. The first-order valence-corrected chi connectivity index (χ1v) is 13.1. The second-order valence-corrected chi connectivity index (χ2v) is 10.0. The van der Waals surface area contributed by atoms with Crippen LogP contribution >= 0.6 is 0 Å². The molecule has 0 aliphatic carbocycles. The van der Waals surface area contributed by atoms with Crippen molar-refractivity contribution in [3.63, 3.8) is 0 Å². The lowest BCUT2D eigenvalue weighted by atomic mass is 10.0. The number of hydrogen-bond donors (Lipinski definition) is 1. The average molecular weight is 490 g/mol. The van der Waals surface area contributed by atoms with Gasteiger partial charge < -0.3 is 14.8 Å². The van der Waals surface area contributed by atoms with E-state index in [4.69, 9.17) is 9.47 Å². The Kier molecular flexibility index (Phi) is 9.61. The van der Waals surface area contributed by atoms with Gasteiger partial charge in [0.15, 0.2) is 5.78 Å². The van der Waals surface area contributed by atoms with Gasteiger partial charge in [-0.05, 0) is 42.9 Å². The monoisotopic (exact) mass is 489 g/mol. The predicted molar refractivity (Wildman–Crippen MR) is 132 cm³/mol. The zero-order chi connectivity index (χ0) is 24.6. The normalized spacial score (nSPS) is 15.9. The maximum Gasteiger partial charge on any atom is 0.243 e. The molecular weight excluding hydrogens is 454 g/mol. The summed E-state index contributed by atoms with van der Waals surface area (Å²) in [5.74, 6) is 0.657. The lowest BCUT2D eigenvalue weighted by Crippen LogP contribution is -2.40. The van der Waals surface area contributed by atoms with Gasteiger partial charge in [-0.3, -0.25) is 9.69 Å². The minimum absolute atomic E-state index is 0.0988. The predicted octanol–water partition coefficient (Wildman–Crippen LogP) is 2.57. The topological polar surface area (TPSA) is 88.2 Å². The highest BCUT2D eigenvalue weighted by atomic mass is 32.2. The first-order valence-electron chi connectivity index (χ1n) is 11.7. The van der Waals surface area contributed by atoms with Crippen molar-refractivity contribution in [3.05, 3.63) is 59.7 Å². The molecule has 0 saturated carbocycles. The van der Waals surface area contributed by atoms with Gasteiger partial charge in [0.1, 0.15) is 5.75 Å². The summed E-state index contributed by atoms with van der Waals surface area (Å²) in [4.78, 5) is 15.4. The van der Waals surface area contributed by atoms with Gasteiger partial charge in [0.2, 0.25) is 10.0 Å². The van der Waals surface area contributed by atoms with Gasteiger partial charge in [-0.2, -0.15) is 4.31 Å². The quantitative estimate of drug-likeness (QED) is 0.459. The number of carbonyl (C=O) groups excluding carboxylic acids is 1. The molecule has 34 heavy (non-hydrogen) atoms. The van der Waals surface area contributed by atoms with Crippen molar-refractivity contribution >= 4 is 15.8 Å². The van der Waals surface area contributed by atoms with Gasteiger partial charge in [-0.1, -0.05) is 38.1 Å². The largest absolute Gasteiger partial charge is 0.497 e. The highest BCUT2D eigenvalue weighted by Crippen LogP contribution is 2.23. The van der Waals surface area contributed by atoms with E-state index in [2.05, 4.69) is 24.1 Å². The van der Waals surface area contributed by atoms with E-state index in [0.29, 0.717) is 38.4 Å². The number of benzene rings is 2. The SMILES string of the molecule is CCN(CC)C(CNCC(=O)c1cccc(S(=O)(=O)N2CCOCC2)c1)c1ccc(OC)cc1. The number of ether oxygens (including phenoxy) is 2. The van der Waals surface area contributed by atoms with E-state index >= 15 is 0 Å². The molecule has 3 rings (SSSR count). The van der Waals surface area contributed by atoms with Crippen LogP contribution in [0.3, 0.4) is 0 Å². The van der Waals surface area contributed by atoms with Crippen LogP contribution in [-0.4, -0.2) is 83.0 Å². The third-order valence-corrected chi connectivity index (χ3v) is 8.04. The van der Waals surface area contributed by atoms with E-state index in [0.717, 1.165) is 24.4 Å². The number of hydrogen-bond acceptors (Lipinski definition) is 7. The molecule has 0 bridgehead atoms. The molecule has 8 nitrogen and oxygen atoms in total. The Morgan fingerprint density at radius 3 is 2.41 bits per heavy atom. The molecule has 2 aromatic rings. The van der Waals surface area contributed by atoms with E-state index in [9.17, 15) is 13.2 Å². The third-order valence-electron chi connectivity index (χ3n) is 6.14. The number of morpholine rings is 1. The Labute approximate surface area is 202 Å². The van der Waals surface area contributed by atoms with Gasteiger partial charge in [0, 0.05) is 31.2 Å². The Balaban J connectivity index is 1.67. The standard InChI is InChI=1S/C25H35N3O5S/c1-4-27(5-2)24(20-9-11-22(32-3)12-10-20)18-26-19-25(29)21-7-6-8-23(17-21)34(30,31)28-13-15-33-16-14-28/h6-12,17,24,26H,4-5,13-16,18-19H2,1-3H3. The number of carbonyl (C=O) groups is 1. The van der Waals surface area contributed by atoms with Gasteiger partial charge in [0.25, 0.3) is 0 Å². The van der Waals surface area contributed by atoms with Crippen molar-refractivity contribution in [2.75, 3.05) is 59.6 Å². The van der Waals surface area contributed by atoms with Crippen molar-refractivity contribution in [2.24, 2.45) is 0 Å². The van der Waals surface area contributed by atoms with E-state index in [1.54, 1.807) is 19.2 Å². The Bertz CT molecular complexity index is 1030. The molecule has 2 aromatic carbocycles. The highest BCUT2D eigenvalue weighted by molar-refractivity contribution is 7.89. The van der Waals surface area contributed by atoms with Crippen LogP contribution in [0, 0.1) is 0 Å². The number of rotatable bonds is 12. The molecule has 1 heterocycles. The Morgan fingerprint density at radius 2 is 1.79 bits per heavy atom. The zero-order valence-electron chi connectivity index (χ0n) is 20.2. The van der Waals surface area contributed by atoms with Crippen molar-refractivity contribution in [2.45, 2.75) is 24.8 Å². The summed E-state index contributed by atoms with van der Waals surface area (Å²) in [5.41, 5.74) is 1.52. The summed E-state index contributed by atoms with van der Waals surface area (Å²) in [7, 11) is -2.00. The lowest BCUT2D eigenvalue weighted by Gasteiger charge is -2.30. The molecule has 186 valence electrons. The molecule has 1 N–H and O–H groups in total. The Morgan fingerprint density at radius 1 is 1.12 bits per heavy atom. The van der Waals surface area contributed by atoms with E-state index in [1.165, 1.54) is 16.4 Å². The molecule has 0 spiro atoms. The van der Waals surface area contributed by atoms with E-state index in [1.807, 2.05) is 24.3 Å². The number of likely N-dealkylation sites (N-methyl/N-ethyl adjacent to an activating group) is 1. The first kappa shape index (κ1) is 26.3. The van der Waals surface area contributed by atoms with Crippen molar-refractivity contribution in [1.29, 1.82) is 0 Å². The molecule has 0 radical (unpaired) electrons. The minimum Gasteiger partial charge on any atom is -0.497 e. The fourth-order valence-electron chi connectivity index (χ4n) is 4.14. The van der Waals surface area contributed by atoms with Crippen LogP contribution in [0.25, 0.3) is 0 Å². The molecule has 1 unspecified atom stereocenters. The van der Waals surface area contributed by atoms with Gasteiger partial charge >= 0.3 is 0 Å². The second-order valence-electron chi connectivity index (χ2n) is 8.11. The molecule has 1 aliphatic rings. The van der Waals surface area contributed by atoms with E-state index in [-0.39, 0.29) is 23.3 Å². The number of nitrogens with zero attached hydrogens (tertiary/aromatic N) is 2. The molecule has 1 saturated heterocycles. The van der Waals surface area contributed by atoms with Crippen molar-refractivity contribution in [3.8, 4) is 5.75 Å². The molecular formula is C25H35N3O5S. The minimum atomic E-state index is -3.65. The van der Waals surface area contributed by atoms with Crippen LogP contribution in [0.5, 0.6) is 5.75 Å². The van der Waals surface area contributed by atoms with Crippen LogP contribution < -0.4 is 10.1 Å². The summed E-state index contributed by atoms with van der Waals surface area (Å²) in [6.45, 7) is 8.10. The van der Waals surface area contributed by atoms with Crippen molar-refractivity contribution < 1.29 is 22.7 Å². The van der Waals surface area contributed by atoms with Crippen LogP contribution in [0.2, 0.25) is 0 Å². The number of methoxy groups -OCH3 is 1. The maximum atomic E-state index is 12.9. The van der Waals surface area contributed by atoms with Crippen molar-refractivity contribution in [1.82, 2.24) is 14.5 Å². The lowest BCUT2D eigenvalue weighted by molar-refractivity contribution is 0.0730. The third kappa shape index (κ3) is 6.43. The van der Waals surface area contributed by atoms with Gasteiger partial charge in [-0.15, -0.1) is 0 Å². The average Bonchev–Trinajstić information content (AvgIpc) is 2.89. The maximum absolute atomic E-state index is 12.9. The summed E-state index contributed by atoms with van der Waals surface area (Å²) in [6, 6.07) is 14.4. The fraction of sp³-hybridized carbons (Fsp3) is 0.480. The molecule has 1 atom stereocenters. The smallest absolute Gasteiger partial charge is 0.243 e. The van der Waals surface area contributed by atoms with Gasteiger partial charge in [-0.25, -0.2) is 8.42 Å². The van der Waals surface area contributed by atoms with Crippen LogP contribution in [0.15, 0.2) is 53.4 Å². The zero-order valence-corrected chi connectivity index (χ0v) is 21.0. The van der Waals surface area contributed by atoms with Crippen LogP contribution in [-0.2, 0) is 14.8 Å². The number of Topliss-reactive ketones (excluding diaryl/α,β-unsaturated/α-hetero) is 1. The summed E-state index contributed by atoms with van der Waals surface area (Å²) in [5, 5.41) is 3.28. The Hall–Kier alpha value is -2.30. The molecule has 1 fully saturated rings. The molecule has 0 amide bonds. The second kappa shape index (κ2) is 12.4. The first-order chi connectivity index (χ1) is 16.4. The summed E-state index contributed by atoms with van der Waals surface area (Å²) in [6.07, 6.45) is 0. The number of nitrogens with one attached hydrogen (secondary N) is 1. The summed E-state index contributed by atoms with van der Waals surface area (Å²) < 4.78 is 37.8. The highest BCUT2D eigenvalue weighted by Gasteiger charge is 2.27.